The van der Waals surface area contributed by atoms with E-state index in [-0.39, 0.29) is 29.6 Å². The molecule has 1 fully saturated rings. The number of halogens is 3. The first-order chi connectivity index (χ1) is 17.9. The molecule has 7 nitrogen and oxygen atoms in total. The largest absolute Gasteiger partial charge is 0.489 e. The average molecular weight is 530 g/mol. The van der Waals surface area contributed by atoms with Gasteiger partial charge in [0.05, 0.1) is 5.56 Å². The summed E-state index contributed by atoms with van der Waals surface area (Å²) in [7, 11) is 0. The molecule has 1 aliphatic rings. The van der Waals surface area contributed by atoms with Gasteiger partial charge in [0, 0.05) is 12.1 Å². The third-order valence-electron chi connectivity index (χ3n) is 5.87. The lowest BCUT2D eigenvalue weighted by atomic mass is 10.1. The van der Waals surface area contributed by atoms with Crippen molar-refractivity contribution in [3.05, 3.63) is 71.1 Å². The summed E-state index contributed by atoms with van der Waals surface area (Å²) in [6.45, 7) is 7.71. The van der Waals surface area contributed by atoms with E-state index in [4.69, 9.17) is 14.0 Å². The van der Waals surface area contributed by atoms with E-state index < -0.39 is 29.5 Å². The van der Waals surface area contributed by atoms with E-state index in [1.165, 1.54) is 17.0 Å². The average Bonchev–Trinajstić information content (AvgIpc) is 3.51. The highest BCUT2D eigenvalue weighted by Gasteiger charge is 2.38. The van der Waals surface area contributed by atoms with Crippen LogP contribution in [-0.4, -0.2) is 39.9 Å². The van der Waals surface area contributed by atoms with Gasteiger partial charge in [0.15, 0.2) is 0 Å². The van der Waals surface area contributed by atoms with Gasteiger partial charge >= 0.3 is 12.3 Å². The van der Waals surface area contributed by atoms with Crippen molar-refractivity contribution in [3.63, 3.8) is 0 Å². The molecule has 0 N–H and O–H groups in total. The maximum Gasteiger partial charge on any atom is 0.419 e. The number of rotatable bonds is 6. The summed E-state index contributed by atoms with van der Waals surface area (Å²) in [6.07, 6.45) is -0.426. The summed E-state index contributed by atoms with van der Waals surface area (Å²) < 4.78 is 57.8. The monoisotopic (exact) mass is 529 g/mol. The van der Waals surface area contributed by atoms with Gasteiger partial charge in [0.25, 0.3) is 0 Å². The summed E-state index contributed by atoms with van der Waals surface area (Å²) in [5.74, 6) is -0.156. The zero-order valence-electron chi connectivity index (χ0n) is 21.7. The molecule has 1 saturated heterocycles. The van der Waals surface area contributed by atoms with Gasteiger partial charge in [-0.2, -0.15) is 18.2 Å². The van der Waals surface area contributed by atoms with Crippen molar-refractivity contribution in [3.8, 4) is 17.1 Å². The fourth-order valence-electron chi connectivity index (χ4n) is 4.07. The third-order valence-corrected chi connectivity index (χ3v) is 5.87. The second-order valence-electron chi connectivity index (χ2n) is 10.1. The molecular formula is C28H30F3N3O4. The number of amides is 1. The number of aryl methyl sites for hydroxylation is 1. The van der Waals surface area contributed by atoms with E-state index in [0.717, 1.165) is 17.2 Å². The lowest BCUT2D eigenvalue weighted by Gasteiger charge is -2.26. The number of nitrogens with zero attached hydrogens (tertiary/aromatic N) is 3. The first kappa shape index (κ1) is 27.2. The maximum atomic E-state index is 13.9. The van der Waals surface area contributed by atoms with Crippen molar-refractivity contribution in [1.82, 2.24) is 15.0 Å². The molecule has 0 bridgehead atoms. The summed E-state index contributed by atoms with van der Waals surface area (Å²) >= 11 is 0. The van der Waals surface area contributed by atoms with Crippen LogP contribution in [0.25, 0.3) is 17.5 Å². The Morgan fingerprint density at radius 2 is 1.89 bits per heavy atom. The second kappa shape index (κ2) is 10.9. The number of carbonyl (C=O) groups is 1. The molecule has 2 aromatic carbocycles. The molecular weight excluding hydrogens is 499 g/mol. The lowest BCUT2D eigenvalue weighted by molar-refractivity contribution is -0.138. The number of ether oxygens (including phenoxy) is 2. The zero-order valence-corrected chi connectivity index (χ0v) is 21.7. The van der Waals surface area contributed by atoms with Crippen LogP contribution in [0.4, 0.5) is 18.0 Å². The minimum atomic E-state index is -4.66. The standard InChI is InChI=1S/C28H30F3N3O4/c1-18-9-11-19(12-10-18)7-6-16-36-23-14-13-20(17-21(23)28(29,30)31)24-32-25(38-33-24)22-8-5-15-34(22)26(35)37-27(2,3)4/h6-7,9-14,17,22H,5,8,15-16H2,1-4H3/b7-6-/t22-/m0/s1. The summed E-state index contributed by atoms with van der Waals surface area (Å²) in [5.41, 5.74) is 0.549. The number of aromatic nitrogens is 2. The van der Waals surface area contributed by atoms with Crippen LogP contribution in [0.2, 0.25) is 0 Å². The molecule has 0 spiro atoms. The fourth-order valence-corrected chi connectivity index (χ4v) is 4.07. The van der Waals surface area contributed by atoms with Crippen LogP contribution >= 0.6 is 0 Å². The molecule has 38 heavy (non-hydrogen) atoms. The SMILES string of the molecule is Cc1ccc(/C=C\COc2ccc(-c3noc([C@@H]4CCCN4C(=O)OC(C)(C)C)n3)cc2C(F)(F)F)cc1. The Balaban J connectivity index is 1.50. The van der Waals surface area contributed by atoms with Crippen LogP contribution in [-0.2, 0) is 10.9 Å². The molecule has 3 aromatic rings. The van der Waals surface area contributed by atoms with Crippen molar-refractivity contribution in [1.29, 1.82) is 0 Å². The third kappa shape index (κ3) is 6.73. The van der Waals surface area contributed by atoms with E-state index >= 15 is 0 Å². The highest BCUT2D eigenvalue weighted by Crippen LogP contribution is 2.39. The normalized spacial score (nSPS) is 16.3. The molecule has 0 aliphatic carbocycles. The minimum Gasteiger partial charge on any atom is -0.489 e. The van der Waals surface area contributed by atoms with Crippen LogP contribution in [0, 0.1) is 6.92 Å². The highest BCUT2D eigenvalue weighted by atomic mass is 19.4. The summed E-state index contributed by atoms with van der Waals surface area (Å²) in [4.78, 5) is 18.4. The predicted molar refractivity (Wildman–Crippen MR) is 135 cm³/mol. The number of alkyl halides is 3. The van der Waals surface area contributed by atoms with Gasteiger partial charge in [-0.3, -0.25) is 4.90 Å². The van der Waals surface area contributed by atoms with Gasteiger partial charge in [-0.15, -0.1) is 0 Å². The maximum absolute atomic E-state index is 13.9. The van der Waals surface area contributed by atoms with Crippen LogP contribution in [0.15, 0.2) is 53.1 Å². The summed E-state index contributed by atoms with van der Waals surface area (Å²) in [5, 5.41) is 3.88. The van der Waals surface area contributed by atoms with E-state index in [2.05, 4.69) is 10.1 Å². The van der Waals surface area contributed by atoms with E-state index in [9.17, 15) is 18.0 Å². The molecule has 1 atom stereocenters. The number of benzene rings is 2. The van der Waals surface area contributed by atoms with Gasteiger partial charge in [0.2, 0.25) is 11.7 Å². The Hall–Kier alpha value is -3.82. The summed E-state index contributed by atoms with van der Waals surface area (Å²) in [6, 6.07) is 10.9. The Morgan fingerprint density at radius 1 is 1.16 bits per heavy atom. The molecule has 4 rings (SSSR count). The van der Waals surface area contributed by atoms with E-state index in [1.54, 1.807) is 32.9 Å². The van der Waals surface area contributed by atoms with Gasteiger partial charge in [-0.05, 0) is 70.4 Å². The lowest BCUT2D eigenvalue weighted by Crippen LogP contribution is -2.36. The van der Waals surface area contributed by atoms with Gasteiger partial charge < -0.3 is 14.0 Å². The smallest absolute Gasteiger partial charge is 0.419 e. The van der Waals surface area contributed by atoms with Gasteiger partial charge in [-0.1, -0.05) is 41.1 Å². The zero-order chi connectivity index (χ0) is 27.5. The first-order valence-electron chi connectivity index (χ1n) is 12.3. The fraction of sp³-hybridized carbons (Fsp3) is 0.393. The quantitative estimate of drug-likeness (QED) is 0.335. The first-order valence-corrected chi connectivity index (χ1v) is 12.3. The van der Waals surface area contributed by atoms with E-state index in [0.29, 0.717) is 19.4 Å². The Bertz CT molecular complexity index is 1290. The van der Waals surface area contributed by atoms with E-state index in [1.807, 2.05) is 31.2 Å². The number of hydrogen-bond acceptors (Lipinski definition) is 6. The number of carbonyl (C=O) groups excluding carboxylic acids is 1. The molecule has 1 aromatic heterocycles. The number of likely N-dealkylation sites (tertiary alicyclic amines) is 1. The molecule has 1 amide bonds. The molecule has 10 heteroatoms. The minimum absolute atomic E-state index is 0.00708. The predicted octanol–water partition coefficient (Wildman–Crippen LogP) is 7.23. The van der Waals surface area contributed by atoms with Crippen molar-refractivity contribution >= 4 is 12.2 Å². The Labute approximate surface area is 219 Å². The van der Waals surface area contributed by atoms with Crippen molar-refractivity contribution in [2.24, 2.45) is 0 Å². The number of hydrogen-bond donors (Lipinski definition) is 0. The van der Waals surface area contributed by atoms with Crippen molar-refractivity contribution in [2.75, 3.05) is 13.2 Å². The molecule has 1 aliphatic heterocycles. The molecule has 2 heterocycles. The molecule has 0 radical (unpaired) electrons. The highest BCUT2D eigenvalue weighted by molar-refractivity contribution is 5.69. The Morgan fingerprint density at radius 3 is 2.58 bits per heavy atom. The van der Waals surface area contributed by atoms with Crippen LogP contribution in [0.3, 0.4) is 0 Å². The molecule has 0 saturated carbocycles. The van der Waals surface area contributed by atoms with Crippen molar-refractivity contribution in [2.45, 2.75) is 58.4 Å². The molecule has 202 valence electrons. The van der Waals surface area contributed by atoms with Gasteiger partial charge in [-0.25, -0.2) is 4.79 Å². The van der Waals surface area contributed by atoms with Crippen molar-refractivity contribution < 1.29 is 32.0 Å². The topological polar surface area (TPSA) is 77.7 Å². The van der Waals surface area contributed by atoms with Gasteiger partial charge in [0.1, 0.15) is 24.0 Å². The van der Waals surface area contributed by atoms with Crippen LogP contribution in [0.1, 0.15) is 62.2 Å². The second-order valence-corrected chi connectivity index (χ2v) is 10.1. The van der Waals surface area contributed by atoms with Crippen LogP contribution in [0.5, 0.6) is 5.75 Å². The molecule has 0 unspecified atom stereocenters. The Kier molecular flexibility index (Phi) is 7.80. The van der Waals surface area contributed by atoms with Crippen LogP contribution < -0.4 is 4.74 Å².